The third-order valence-corrected chi connectivity index (χ3v) is 3.73. The van der Waals surface area contributed by atoms with Gasteiger partial charge in [0.1, 0.15) is 12.1 Å². The second kappa shape index (κ2) is 11.5. The minimum atomic E-state index is -1.18. The zero-order valence-corrected chi connectivity index (χ0v) is 15.3. The van der Waals surface area contributed by atoms with E-state index in [9.17, 15) is 19.5 Å². The zero-order chi connectivity index (χ0) is 19.6. The summed E-state index contributed by atoms with van der Waals surface area (Å²) < 4.78 is 0. The molecule has 0 aromatic rings. The highest BCUT2D eigenvalue weighted by Gasteiger charge is 2.29. The van der Waals surface area contributed by atoms with Crippen LogP contribution in [0.2, 0.25) is 0 Å². The van der Waals surface area contributed by atoms with E-state index < -0.39 is 35.9 Å². The van der Waals surface area contributed by atoms with Crippen LogP contribution in [0, 0.1) is 5.92 Å². The smallest absolute Gasteiger partial charge is 0.326 e. The average Bonchev–Trinajstić information content (AvgIpc) is 2.53. The Kier molecular flexibility index (Phi) is 10.6. The molecule has 3 unspecified atom stereocenters. The Balaban J connectivity index is 4.83. The van der Waals surface area contributed by atoms with Crippen molar-refractivity contribution in [3.63, 3.8) is 0 Å². The maximum Gasteiger partial charge on any atom is 0.326 e. The lowest BCUT2D eigenvalue weighted by Gasteiger charge is -2.25. The van der Waals surface area contributed by atoms with Crippen molar-refractivity contribution in [3.8, 4) is 0 Å². The molecular formula is C14H28N6O4S. The monoisotopic (exact) mass is 376 g/mol. The predicted octanol–water partition coefficient (Wildman–Crippen LogP) is -1.99. The predicted molar refractivity (Wildman–Crippen MR) is 98.1 cm³/mol. The van der Waals surface area contributed by atoms with E-state index >= 15 is 0 Å². The van der Waals surface area contributed by atoms with Crippen molar-refractivity contribution in [2.75, 3.05) is 12.3 Å². The largest absolute Gasteiger partial charge is 0.480 e. The van der Waals surface area contributed by atoms with E-state index in [2.05, 4.69) is 28.3 Å². The van der Waals surface area contributed by atoms with Gasteiger partial charge in [-0.05, 0) is 18.8 Å². The molecule has 2 amide bonds. The van der Waals surface area contributed by atoms with Gasteiger partial charge in [-0.15, -0.1) is 0 Å². The van der Waals surface area contributed by atoms with Crippen LogP contribution >= 0.6 is 12.6 Å². The molecule has 0 heterocycles. The van der Waals surface area contributed by atoms with Crippen LogP contribution < -0.4 is 27.8 Å². The molecule has 0 aliphatic rings. The van der Waals surface area contributed by atoms with Crippen LogP contribution in [0.5, 0.6) is 0 Å². The summed E-state index contributed by atoms with van der Waals surface area (Å²) in [5.41, 5.74) is 16.0. The summed E-state index contributed by atoms with van der Waals surface area (Å²) in [5.74, 6) is -2.52. The Morgan fingerprint density at radius 2 is 1.76 bits per heavy atom. The van der Waals surface area contributed by atoms with Gasteiger partial charge >= 0.3 is 5.97 Å². The quantitative estimate of drug-likeness (QED) is 0.0940. The van der Waals surface area contributed by atoms with E-state index in [-0.39, 0.29) is 30.6 Å². The number of hydrogen-bond donors (Lipinski definition) is 7. The van der Waals surface area contributed by atoms with Gasteiger partial charge in [0.2, 0.25) is 11.8 Å². The first-order valence-corrected chi connectivity index (χ1v) is 8.48. The first-order chi connectivity index (χ1) is 11.6. The molecule has 0 aromatic carbocycles. The van der Waals surface area contributed by atoms with Crippen molar-refractivity contribution in [2.45, 2.75) is 44.8 Å². The molecule has 11 heteroatoms. The molecule has 0 spiro atoms. The maximum absolute atomic E-state index is 12.4. The number of carboxylic acids is 1. The number of amides is 2. The van der Waals surface area contributed by atoms with Crippen LogP contribution in [-0.4, -0.2) is 59.3 Å². The SMILES string of the molecule is CC(C)C(NC(=O)C(N)CS)C(=O)NC(CCCN=C(N)N)C(=O)O. The van der Waals surface area contributed by atoms with Crippen LogP contribution in [0.1, 0.15) is 26.7 Å². The molecule has 0 saturated heterocycles. The number of nitrogens with one attached hydrogen (secondary N) is 2. The summed E-state index contributed by atoms with van der Waals surface area (Å²) in [4.78, 5) is 39.3. The topological polar surface area (TPSA) is 186 Å². The molecule has 144 valence electrons. The third kappa shape index (κ3) is 9.15. The van der Waals surface area contributed by atoms with E-state index in [0.717, 1.165) is 0 Å². The first-order valence-electron chi connectivity index (χ1n) is 7.85. The lowest BCUT2D eigenvalue weighted by atomic mass is 10.0. The van der Waals surface area contributed by atoms with Gasteiger partial charge in [-0.3, -0.25) is 14.6 Å². The van der Waals surface area contributed by atoms with Gasteiger partial charge in [-0.1, -0.05) is 13.8 Å². The van der Waals surface area contributed by atoms with E-state index in [1.807, 2.05) is 0 Å². The molecule has 0 aliphatic carbocycles. The molecule has 9 N–H and O–H groups in total. The molecule has 0 rings (SSSR count). The van der Waals surface area contributed by atoms with Crippen LogP contribution in [-0.2, 0) is 14.4 Å². The maximum atomic E-state index is 12.4. The molecule has 0 bridgehead atoms. The van der Waals surface area contributed by atoms with Crippen molar-refractivity contribution in [3.05, 3.63) is 0 Å². The number of guanidine groups is 1. The van der Waals surface area contributed by atoms with Gasteiger partial charge in [-0.25, -0.2) is 4.79 Å². The molecule has 10 nitrogen and oxygen atoms in total. The normalized spacial score (nSPS) is 14.3. The highest BCUT2D eigenvalue weighted by molar-refractivity contribution is 7.80. The number of carbonyl (C=O) groups is 3. The second-order valence-corrected chi connectivity index (χ2v) is 6.23. The van der Waals surface area contributed by atoms with Gasteiger partial charge in [0, 0.05) is 12.3 Å². The summed E-state index contributed by atoms with van der Waals surface area (Å²) in [7, 11) is 0. The number of nitrogens with two attached hydrogens (primary N) is 3. The number of carbonyl (C=O) groups excluding carboxylic acids is 2. The fraction of sp³-hybridized carbons (Fsp3) is 0.714. The fourth-order valence-corrected chi connectivity index (χ4v) is 2.07. The van der Waals surface area contributed by atoms with E-state index in [1.165, 1.54) is 0 Å². The Morgan fingerprint density at radius 3 is 2.20 bits per heavy atom. The molecule has 0 radical (unpaired) electrons. The summed E-state index contributed by atoms with van der Waals surface area (Å²) in [5, 5.41) is 14.2. The number of aliphatic imine (C=N–C) groups is 1. The minimum Gasteiger partial charge on any atom is -0.480 e. The molecule has 0 saturated carbocycles. The summed E-state index contributed by atoms with van der Waals surface area (Å²) in [6.07, 6.45) is 0.519. The van der Waals surface area contributed by atoms with Gasteiger partial charge in [0.15, 0.2) is 5.96 Å². The molecular weight excluding hydrogens is 348 g/mol. The number of hydrogen-bond acceptors (Lipinski definition) is 6. The van der Waals surface area contributed by atoms with Gasteiger partial charge in [0.25, 0.3) is 0 Å². The van der Waals surface area contributed by atoms with Gasteiger partial charge in [0.05, 0.1) is 6.04 Å². The van der Waals surface area contributed by atoms with Crippen molar-refractivity contribution in [2.24, 2.45) is 28.1 Å². The summed E-state index contributed by atoms with van der Waals surface area (Å²) in [6, 6.07) is -2.87. The molecule has 0 fully saturated rings. The van der Waals surface area contributed by atoms with Crippen molar-refractivity contribution < 1.29 is 19.5 Å². The summed E-state index contributed by atoms with van der Waals surface area (Å²) in [6.45, 7) is 3.71. The van der Waals surface area contributed by atoms with E-state index in [1.54, 1.807) is 13.8 Å². The number of carboxylic acid groups (broad SMARTS) is 1. The average molecular weight is 376 g/mol. The molecule has 25 heavy (non-hydrogen) atoms. The first kappa shape index (κ1) is 23.0. The Morgan fingerprint density at radius 1 is 1.16 bits per heavy atom. The van der Waals surface area contributed by atoms with Crippen LogP contribution in [0.15, 0.2) is 4.99 Å². The number of nitrogens with zero attached hydrogens (tertiary/aromatic N) is 1. The van der Waals surface area contributed by atoms with Gasteiger partial charge < -0.3 is 32.9 Å². The van der Waals surface area contributed by atoms with Crippen molar-refractivity contribution in [1.82, 2.24) is 10.6 Å². The van der Waals surface area contributed by atoms with Crippen LogP contribution in [0.25, 0.3) is 0 Å². The number of rotatable bonds is 11. The molecule has 0 aromatic heterocycles. The highest BCUT2D eigenvalue weighted by Crippen LogP contribution is 2.05. The highest BCUT2D eigenvalue weighted by atomic mass is 32.1. The van der Waals surface area contributed by atoms with E-state index in [4.69, 9.17) is 17.2 Å². The standard InChI is InChI=1S/C14H28N6O4S/c1-7(2)10(20-11(21)8(15)6-25)12(22)19-9(13(23)24)4-3-5-18-14(16)17/h7-10,25H,3-6,15H2,1-2H3,(H,19,22)(H,20,21)(H,23,24)(H4,16,17,18). The van der Waals surface area contributed by atoms with E-state index in [0.29, 0.717) is 6.42 Å². The fourth-order valence-electron chi connectivity index (χ4n) is 1.90. The van der Waals surface area contributed by atoms with Crippen molar-refractivity contribution in [1.29, 1.82) is 0 Å². The van der Waals surface area contributed by atoms with Crippen LogP contribution in [0.3, 0.4) is 0 Å². The van der Waals surface area contributed by atoms with Crippen molar-refractivity contribution >= 4 is 36.4 Å². The molecule has 3 atom stereocenters. The Labute approximate surface area is 152 Å². The third-order valence-electron chi connectivity index (χ3n) is 3.34. The summed E-state index contributed by atoms with van der Waals surface area (Å²) >= 11 is 3.93. The van der Waals surface area contributed by atoms with Gasteiger partial charge in [-0.2, -0.15) is 12.6 Å². The lowest BCUT2D eigenvalue weighted by Crippen LogP contribution is -2.56. The zero-order valence-electron chi connectivity index (χ0n) is 14.4. The lowest BCUT2D eigenvalue weighted by molar-refractivity contribution is -0.142. The Hall–Kier alpha value is -2.01. The van der Waals surface area contributed by atoms with Crippen LogP contribution in [0.4, 0.5) is 0 Å². The Bertz CT molecular complexity index is 496. The molecule has 0 aliphatic heterocycles. The number of aliphatic carboxylic acids is 1. The second-order valence-electron chi connectivity index (χ2n) is 5.87. The minimum absolute atomic E-state index is 0.0842. The number of thiol groups is 1.